The Morgan fingerprint density at radius 1 is 0.368 bits per heavy atom. The molecule has 0 aliphatic heterocycles. The average Bonchev–Trinajstić information content (AvgIpc) is 3.72. The summed E-state index contributed by atoms with van der Waals surface area (Å²) in [6.45, 7) is 0. The van der Waals surface area contributed by atoms with Gasteiger partial charge in [-0.15, -0.1) is 0 Å². The summed E-state index contributed by atoms with van der Waals surface area (Å²) >= 11 is 0. The SMILES string of the molecule is Nc1ccc(-c2ccc3c(c2)c2cccc4c2c3c2cccc3c5cc(-c6ccc(N)[nH]6)ccc5c4c32)[nH]1. The van der Waals surface area contributed by atoms with Gasteiger partial charge in [0.05, 0.1) is 0 Å². The highest BCUT2D eigenvalue weighted by Gasteiger charge is 2.22. The molecule has 0 radical (unpaired) electrons. The molecule has 0 aliphatic carbocycles. The van der Waals surface area contributed by atoms with Gasteiger partial charge in [-0.1, -0.05) is 60.7 Å². The van der Waals surface area contributed by atoms with Gasteiger partial charge in [0, 0.05) is 11.4 Å². The second-order valence-corrected chi connectivity index (χ2v) is 10.4. The molecule has 0 bridgehead atoms. The largest absolute Gasteiger partial charge is 0.385 e. The van der Waals surface area contributed by atoms with E-state index >= 15 is 0 Å². The molecule has 2 heterocycles. The fourth-order valence-corrected chi connectivity index (χ4v) is 6.80. The maximum Gasteiger partial charge on any atom is 0.101 e. The molecule has 0 amide bonds. The maximum absolute atomic E-state index is 5.98. The molecule has 2 aromatic heterocycles. The fourth-order valence-electron chi connectivity index (χ4n) is 6.80. The topological polar surface area (TPSA) is 83.6 Å². The number of nitrogens with two attached hydrogens (primary N) is 2. The zero-order valence-corrected chi connectivity index (χ0v) is 20.4. The number of H-pyrrole nitrogens is 2. The summed E-state index contributed by atoms with van der Waals surface area (Å²) in [5.74, 6) is 1.36. The summed E-state index contributed by atoms with van der Waals surface area (Å²) in [6, 6.07) is 35.0. The van der Waals surface area contributed by atoms with Gasteiger partial charge >= 0.3 is 0 Å². The van der Waals surface area contributed by atoms with E-state index in [1.54, 1.807) is 0 Å². The third kappa shape index (κ3) is 2.39. The van der Waals surface area contributed by atoms with Crippen LogP contribution in [-0.2, 0) is 0 Å². The number of nitrogens with one attached hydrogen (secondary N) is 2. The fraction of sp³-hybridized carbons (Fsp3) is 0. The Hall–Kier alpha value is -5.22. The van der Waals surface area contributed by atoms with Gasteiger partial charge < -0.3 is 21.4 Å². The Morgan fingerprint density at radius 3 is 1.16 bits per heavy atom. The minimum Gasteiger partial charge on any atom is -0.385 e. The van der Waals surface area contributed by atoms with E-state index in [2.05, 4.69) is 82.8 Å². The zero-order chi connectivity index (χ0) is 25.1. The molecule has 0 atom stereocenters. The summed E-state index contributed by atoms with van der Waals surface area (Å²) in [6.07, 6.45) is 0. The maximum atomic E-state index is 5.98. The van der Waals surface area contributed by atoms with Crippen LogP contribution in [0.1, 0.15) is 0 Å². The number of benzene rings is 5. The lowest BCUT2D eigenvalue weighted by Crippen LogP contribution is -1.83. The Morgan fingerprint density at radius 2 is 0.763 bits per heavy atom. The minimum absolute atomic E-state index is 0.678. The van der Waals surface area contributed by atoms with Crippen LogP contribution in [0.4, 0.5) is 11.6 Å². The van der Waals surface area contributed by atoms with E-state index in [1.807, 2.05) is 24.3 Å². The molecular formula is C34H22N4. The Balaban J connectivity index is 1.45. The molecule has 0 fully saturated rings. The lowest BCUT2D eigenvalue weighted by atomic mass is 9.95. The summed E-state index contributed by atoms with van der Waals surface area (Å²) in [5, 5.41) is 15.7. The van der Waals surface area contributed by atoms with Crippen LogP contribution in [0.25, 0.3) is 87.1 Å². The molecule has 4 nitrogen and oxygen atoms in total. The number of fused-ring (bicyclic) bond motifs is 8. The molecule has 0 unspecified atom stereocenters. The summed E-state index contributed by atoms with van der Waals surface area (Å²) < 4.78 is 0. The Labute approximate surface area is 217 Å². The van der Waals surface area contributed by atoms with Crippen molar-refractivity contribution in [2.75, 3.05) is 11.5 Å². The normalized spacial score (nSPS) is 12.4. The lowest BCUT2D eigenvalue weighted by Gasteiger charge is -2.07. The number of nitrogen functional groups attached to an aromatic ring is 2. The minimum atomic E-state index is 0.678. The molecule has 38 heavy (non-hydrogen) atoms. The third-order valence-electron chi connectivity index (χ3n) is 8.36. The van der Waals surface area contributed by atoms with Crippen molar-refractivity contribution < 1.29 is 0 Å². The lowest BCUT2D eigenvalue weighted by molar-refractivity contribution is 1.41. The molecule has 4 heteroatoms. The van der Waals surface area contributed by atoms with Crippen molar-refractivity contribution in [3.05, 3.63) is 97.1 Å². The second-order valence-electron chi connectivity index (χ2n) is 10.4. The number of rotatable bonds is 2. The molecular weight excluding hydrogens is 464 g/mol. The van der Waals surface area contributed by atoms with E-state index in [9.17, 15) is 0 Å². The first kappa shape index (κ1) is 19.9. The van der Waals surface area contributed by atoms with Gasteiger partial charge in [-0.2, -0.15) is 0 Å². The number of hydrogen-bond donors (Lipinski definition) is 4. The van der Waals surface area contributed by atoms with Crippen LogP contribution < -0.4 is 11.5 Å². The van der Waals surface area contributed by atoms with Gasteiger partial charge in [0.2, 0.25) is 0 Å². The monoisotopic (exact) mass is 486 g/mol. The molecule has 0 saturated heterocycles. The molecule has 0 saturated carbocycles. The number of aromatic nitrogens is 2. The van der Waals surface area contributed by atoms with Crippen LogP contribution >= 0.6 is 0 Å². The average molecular weight is 487 g/mol. The third-order valence-corrected chi connectivity index (χ3v) is 8.36. The first-order chi connectivity index (χ1) is 18.7. The van der Waals surface area contributed by atoms with Crippen LogP contribution in [0.15, 0.2) is 97.1 Å². The van der Waals surface area contributed by atoms with E-state index < -0.39 is 0 Å². The first-order valence-corrected chi connectivity index (χ1v) is 12.9. The van der Waals surface area contributed by atoms with E-state index in [4.69, 9.17) is 11.5 Å². The molecule has 9 rings (SSSR count). The first-order valence-electron chi connectivity index (χ1n) is 12.9. The van der Waals surface area contributed by atoms with E-state index in [0.717, 1.165) is 22.5 Å². The number of anilines is 2. The predicted molar refractivity (Wildman–Crippen MR) is 162 cm³/mol. The predicted octanol–water partition coefficient (Wildman–Crippen LogP) is 8.64. The van der Waals surface area contributed by atoms with Crippen molar-refractivity contribution in [1.29, 1.82) is 0 Å². The van der Waals surface area contributed by atoms with Crippen LogP contribution in [0.2, 0.25) is 0 Å². The van der Waals surface area contributed by atoms with Crippen molar-refractivity contribution in [2.24, 2.45) is 0 Å². The van der Waals surface area contributed by atoms with E-state index in [1.165, 1.54) is 64.6 Å². The highest BCUT2D eigenvalue weighted by atomic mass is 14.8. The van der Waals surface area contributed by atoms with Gasteiger partial charge in [0.1, 0.15) is 11.6 Å². The summed E-state index contributed by atoms with van der Waals surface area (Å²) in [5.41, 5.74) is 16.3. The molecule has 178 valence electrons. The molecule has 0 spiro atoms. The van der Waals surface area contributed by atoms with Crippen molar-refractivity contribution in [3.63, 3.8) is 0 Å². The van der Waals surface area contributed by atoms with Crippen molar-refractivity contribution in [1.82, 2.24) is 9.97 Å². The summed E-state index contributed by atoms with van der Waals surface area (Å²) in [7, 11) is 0. The van der Waals surface area contributed by atoms with Gasteiger partial charge in [0.15, 0.2) is 0 Å². The molecule has 0 aliphatic rings. The quantitative estimate of drug-likeness (QED) is 0.184. The van der Waals surface area contributed by atoms with Crippen molar-refractivity contribution in [2.45, 2.75) is 0 Å². The number of hydrogen-bond acceptors (Lipinski definition) is 2. The second kappa shape index (κ2) is 6.75. The van der Waals surface area contributed by atoms with Crippen LogP contribution in [-0.4, -0.2) is 9.97 Å². The smallest absolute Gasteiger partial charge is 0.101 e. The van der Waals surface area contributed by atoms with Gasteiger partial charge in [-0.3, -0.25) is 0 Å². The van der Waals surface area contributed by atoms with Gasteiger partial charge in [-0.25, -0.2) is 0 Å². The van der Waals surface area contributed by atoms with Gasteiger partial charge in [-0.05, 0) is 112 Å². The Bertz CT molecular complexity index is 2200. The summed E-state index contributed by atoms with van der Waals surface area (Å²) in [4.78, 5) is 6.56. The van der Waals surface area contributed by atoms with Crippen molar-refractivity contribution >= 4 is 76.3 Å². The standard InChI is InChI=1S/C34H22N4/c35-29-13-11-27(37-29)17-7-9-21-25(15-17)19-3-1-5-23-31(19)34(21)24-6-2-4-20-26-16-18(28-12-14-30(36)38-28)8-10-22(26)33(23)32(20)24/h1-16,37-38H,35-36H2. The molecule has 7 aromatic carbocycles. The van der Waals surface area contributed by atoms with Crippen molar-refractivity contribution in [3.8, 4) is 22.5 Å². The van der Waals surface area contributed by atoms with E-state index in [-0.39, 0.29) is 0 Å². The van der Waals surface area contributed by atoms with Gasteiger partial charge in [0.25, 0.3) is 0 Å². The number of aromatic amines is 2. The zero-order valence-electron chi connectivity index (χ0n) is 20.4. The Kier molecular flexibility index (Phi) is 3.54. The highest BCUT2D eigenvalue weighted by molar-refractivity contribution is 6.47. The van der Waals surface area contributed by atoms with Crippen LogP contribution in [0.3, 0.4) is 0 Å². The van der Waals surface area contributed by atoms with Crippen LogP contribution in [0.5, 0.6) is 0 Å². The van der Waals surface area contributed by atoms with E-state index in [0.29, 0.717) is 11.6 Å². The molecule has 9 aromatic rings. The van der Waals surface area contributed by atoms with Crippen LogP contribution in [0, 0.1) is 0 Å². The highest BCUT2D eigenvalue weighted by Crippen LogP contribution is 2.50. The molecule has 6 N–H and O–H groups in total.